The average Bonchev–Trinajstić information content (AvgIpc) is 2.62. The Hall–Kier alpha value is -1.43. The summed E-state index contributed by atoms with van der Waals surface area (Å²) in [5.41, 5.74) is 5.93. The van der Waals surface area contributed by atoms with E-state index in [0.717, 1.165) is 5.82 Å². The van der Waals surface area contributed by atoms with Crippen molar-refractivity contribution in [1.82, 2.24) is 20.1 Å². The maximum atomic E-state index is 12.0. The van der Waals surface area contributed by atoms with Gasteiger partial charge in [0.2, 0.25) is 5.91 Å². The van der Waals surface area contributed by atoms with Crippen LogP contribution in [0.25, 0.3) is 0 Å². The summed E-state index contributed by atoms with van der Waals surface area (Å²) in [6.07, 6.45) is 0.337. The Kier molecular flexibility index (Phi) is 4.45. The lowest BCUT2D eigenvalue weighted by atomic mass is 9.85. The van der Waals surface area contributed by atoms with Crippen molar-refractivity contribution in [1.29, 1.82) is 0 Å². The highest BCUT2D eigenvalue weighted by atomic mass is 16.2. The summed E-state index contributed by atoms with van der Waals surface area (Å²) in [4.78, 5) is 17.8. The highest BCUT2D eigenvalue weighted by Crippen LogP contribution is 2.20. The van der Waals surface area contributed by atoms with Crippen molar-refractivity contribution in [3.8, 4) is 0 Å². The second-order valence-corrected chi connectivity index (χ2v) is 5.76. The molecule has 102 valence electrons. The maximum absolute atomic E-state index is 12.0. The molecule has 0 aliphatic heterocycles. The normalized spacial score (nSPS) is 13.4. The Morgan fingerprint density at radius 3 is 2.56 bits per heavy atom. The lowest BCUT2D eigenvalue weighted by molar-refractivity contribution is -0.131. The molecule has 1 rings (SSSR count). The third-order valence-electron chi connectivity index (χ3n) is 2.95. The van der Waals surface area contributed by atoms with Crippen LogP contribution in [0.15, 0.2) is 0 Å². The lowest BCUT2D eigenvalue weighted by Gasteiger charge is -2.28. The Morgan fingerprint density at radius 2 is 2.11 bits per heavy atom. The molecule has 0 saturated heterocycles. The van der Waals surface area contributed by atoms with Crippen molar-refractivity contribution in [3.05, 3.63) is 11.6 Å². The van der Waals surface area contributed by atoms with Gasteiger partial charge in [0.05, 0.1) is 6.54 Å². The number of aromatic nitrogens is 3. The molecule has 1 aromatic heterocycles. The molecule has 1 aromatic rings. The molecule has 6 nitrogen and oxygen atoms in total. The molecule has 1 heterocycles. The van der Waals surface area contributed by atoms with Crippen molar-refractivity contribution in [3.63, 3.8) is 0 Å². The molecule has 0 aromatic carbocycles. The van der Waals surface area contributed by atoms with E-state index in [4.69, 9.17) is 5.73 Å². The molecule has 0 aliphatic rings. The summed E-state index contributed by atoms with van der Waals surface area (Å²) in [6, 6.07) is -0.152. The highest BCUT2D eigenvalue weighted by molar-refractivity contribution is 5.76. The predicted octanol–water partition coefficient (Wildman–Crippen LogP) is 0.835. The van der Waals surface area contributed by atoms with Gasteiger partial charge in [-0.05, 0) is 12.3 Å². The van der Waals surface area contributed by atoms with E-state index >= 15 is 0 Å². The highest BCUT2D eigenvalue weighted by Gasteiger charge is 2.24. The molecule has 0 aliphatic carbocycles. The number of H-pyrrole nitrogens is 1. The van der Waals surface area contributed by atoms with Crippen LogP contribution in [0.1, 0.15) is 38.8 Å². The molecule has 1 unspecified atom stereocenters. The van der Waals surface area contributed by atoms with E-state index in [1.165, 1.54) is 0 Å². The van der Waals surface area contributed by atoms with Crippen molar-refractivity contribution in [2.75, 3.05) is 7.05 Å². The van der Waals surface area contributed by atoms with Gasteiger partial charge in [0.1, 0.15) is 5.82 Å². The van der Waals surface area contributed by atoms with Gasteiger partial charge in [-0.1, -0.05) is 20.8 Å². The number of nitrogens with one attached hydrogen (secondary N) is 1. The van der Waals surface area contributed by atoms with Crippen LogP contribution in [0.5, 0.6) is 0 Å². The molecule has 1 atom stereocenters. The minimum atomic E-state index is -0.152. The zero-order valence-corrected chi connectivity index (χ0v) is 11.8. The largest absolute Gasteiger partial charge is 0.338 e. The topological polar surface area (TPSA) is 87.9 Å². The molecular weight excluding hydrogens is 230 g/mol. The molecule has 0 fully saturated rings. The first kappa shape index (κ1) is 14.6. The van der Waals surface area contributed by atoms with Crippen LogP contribution < -0.4 is 5.73 Å². The maximum Gasteiger partial charge on any atom is 0.224 e. The summed E-state index contributed by atoms with van der Waals surface area (Å²) < 4.78 is 0. The minimum absolute atomic E-state index is 0.0138. The van der Waals surface area contributed by atoms with Gasteiger partial charge in [0, 0.05) is 19.5 Å². The number of aryl methyl sites for hydroxylation is 1. The zero-order valence-electron chi connectivity index (χ0n) is 11.8. The van der Waals surface area contributed by atoms with Crippen LogP contribution in [0, 0.1) is 12.3 Å². The SMILES string of the molecule is Cc1nc(CN(C)C(=O)CC(N)C(C)(C)C)n[nH]1. The number of nitrogens with two attached hydrogens (primary N) is 1. The summed E-state index contributed by atoms with van der Waals surface area (Å²) in [6.45, 7) is 8.32. The van der Waals surface area contributed by atoms with E-state index in [2.05, 4.69) is 15.2 Å². The molecule has 6 heteroatoms. The predicted molar refractivity (Wildman–Crippen MR) is 69.6 cm³/mol. The number of carbonyl (C=O) groups is 1. The van der Waals surface area contributed by atoms with Crippen LogP contribution >= 0.6 is 0 Å². The fraction of sp³-hybridized carbons (Fsp3) is 0.750. The van der Waals surface area contributed by atoms with Gasteiger partial charge in [-0.3, -0.25) is 9.89 Å². The summed E-state index contributed by atoms with van der Waals surface area (Å²) in [5.74, 6) is 1.38. The van der Waals surface area contributed by atoms with Crippen molar-refractivity contribution >= 4 is 5.91 Å². The van der Waals surface area contributed by atoms with Crippen molar-refractivity contribution in [2.45, 2.75) is 46.7 Å². The van der Waals surface area contributed by atoms with Gasteiger partial charge >= 0.3 is 0 Å². The van der Waals surface area contributed by atoms with Crippen molar-refractivity contribution < 1.29 is 4.79 Å². The van der Waals surface area contributed by atoms with E-state index in [1.54, 1.807) is 11.9 Å². The molecule has 18 heavy (non-hydrogen) atoms. The fourth-order valence-electron chi connectivity index (χ4n) is 1.41. The van der Waals surface area contributed by atoms with E-state index in [-0.39, 0.29) is 17.4 Å². The number of carbonyl (C=O) groups excluding carboxylic acids is 1. The molecule has 1 amide bonds. The molecule has 0 saturated carbocycles. The van der Waals surface area contributed by atoms with Gasteiger partial charge in [-0.2, -0.15) is 5.10 Å². The lowest BCUT2D eigenvalue weighted by Crippen LogP contribution is -2.40. The molecule has 3 N–H and O–H groups in total. The van der Waals surface area contributed by atoms with Crippen molar-refractivity contribution in [2.24, 2.45) is 11.1 Å². The fourth-order valence-corrected chi connectivity index (χ4v) is 1.41. The number of aromatic amines is 1. The van der Waals surface area contributed by atoms with E-state index < -0.39 is 0 Å². The minimum Gasteiger partial charge on any atom is -0.338 e. The Balaban J connectivity index is 2.52. The van der Waals surface area contributed by atoms with Gasteiger partial charge in [0.15, 0.2) is 5.82 Å². The standard InChI is InChI=1S/C12H23N5O/c1-8-14-10(16-15-8)7-17(5)11(18)6-9(13)12(2,3)4/h9H,6-7,13H2,1-5H3,(H,14,15,16). The first-order valence-corrected chi connectivity index (χ1v) is 6.07. The van der Waals surface area contributed by atoms with Crippen LogP contribution in [0.4, 0.5) is 0 Å². The average molecular weight is 253 g/mol. The van der Waals surface area contributed by atoms with Gasteiger partial charge < -0.3 is 10.6 Å². The third-order valence-corrected chi connectivity index (χ3v) is 2.95. The number of nitrogens with zero attached hydrogens (tertiary/aromatic N) is 3. The summed E-state index contributed by atoms with van der Waals surface area (Å²) >= 11 is 0. The van der Waals surface area contributed by atoms with Crippen LogP contribution in [0.2, 0.25) is 0 Å². The quantitative estimate of drug-likeness (QED) is 0.832. The summed E-state index contributed by atoms with van der Waals surface area (Å²) in [7, 11) is 1.74. The van der Waals surface area contributed by atoms with E-state index in [9.17, 15) is 4.79 Å². The Labute approximate surface area is 108 Å². The number of amides is 1. The first-order valence-electron chi connectivity index (χ1n) is 6.07. The molecular formula is C12H23N5O. The van der Waals surface area contributed by atoms with Gasteiger partial charge in [-0.15, -0.1) is 0 Å². The Bertz CT molecular complexity index is 407. The smallest absolute Gasteiger partial charge is 0.224 e. The first-order chi connectivity index (χ1) is 8.20. The summed E-state index contributed by atoms with van der Waals surface area (Å²) in [5, 5.41) is 6.76. The Morgan fingerprint density at radius 1 is 1.50 bits per heavy atom. The van der Waals surface area contributed by atoms with Crippen LogP contribution in [0.3, 0.4) is 0 Å². The second-order valence-electron chi connectivity index (χ2n) is 5.76. The number of hydrogen-bond acceptors (Lipinski definition) is 4. The van der Waals surface area contributed by atoms with Gasteiger partial charge in [0.25, 0.3) is 0 Å². The zero-order chi connectivity index (χ0) is 13.9. The van der Waals surface area contributed by atoms with Crippen LogP contribution in [-0.2, 0) is 11.3 Å². The third kappa shape index (κ3) is 4.10. The van der Waals surface area contributed by atoms with E-state index in [0.29, 0.717) is 18.8 Å². The van der Waals surface area contributed by atoms with Gasteiger partial charge in [-0.25, -0.2) is 4.98 Å². The monoisotopic (exact) mass is 253 g/mol. The molecule has 0 spiro atoms. The number of hydrogen-bond donors (Lipinski definition) is 2. The molecule has 0 radical (unpaired) electrons. The van der Waals surface area contributed by atoms with E-state index in [1.807, 2.05) is 27.7 Å². The second kappa shape index (κ2) is 5.48. The van der Waals surface area contributed by atoms with Crippen LogP contribution in [-0.4, -0.2) is 39.1 Å². The number of rotatable bonds is 4. The molecule has 0 bridgehead atoms.